The normalized spacial score (nSPS) is 13.0. The molecule has 0 radical (unpaired) electrons. The number of halogens is 4. The maximum Gasteiger partial charge on any atom is 0.490 e. The Morgan fingerprint density at radius 2 is 1.90 bits per heavy atom. The highest BCUT2D eigenvalue weighted by atomic mass is 19.4. The molecule has 0 fully saturated rings. The molecule has 0 atom stereocenters. The van der Waals surface area contributed by atoms with E-state index in [1.54, 1.807) is 30.5 Å². The number of H-pyrrole nitrogens is 1. The number of hydrogen-bond acceptors (Lipinski definition) is 4. The molecule has 0 bridgehead atoms. The van der Waals surface area contributed by atoms with Crippen molar-refractivity contribution < 1.29 is 32.3 Å². The maximum absolute atomic E-state index is 13.4. The Morgan fingerprint density at radius 3 is 2.53 bits per heavy atom. The number of aromatic amines is 1. The maximum atomic E-state index is 13.4. The molecule has 30 heavy (non-hydrogen) atoms. The van der Waals surface area contributed by atoms with Crippen LogP contribution in [0.1, 0.15) is 16.1 Å². The van der Waals surface area contributed by atoms with Crippen molar-refractivity contribution in [2.75, 3.05) is 6.54 Å². The summed E-state index contributed by atoms with van der Waals surface area (Å²) >= 11 is 0. The molecule has 3 N–H and O–H groups in total. The van der Waals surface area contributed by atoms with Crippen LogP contribution in [0.25, 0.3) is 22.8 Å². The summed E-state index contributed by atoms with van der Waals surface area (Å²) in [5.41, 5.74) is 3.60. The van der Waals surface area contributed by atoms with E-state index in [1.807, 2.05) is 0 Å². The molecule has 0 aliphatic carbocycles. The van der Waals surface area contributed by atoms with Crippen LogP contribution in [-0.2, 0) is 11.2 Å². The van der Waals surface area contributed by atoms with Crippen LogP contribution in [0.4, 0.5) is 17.6 Å². The standard InChI is InChI=1S/C17H13FN4O.C2HF3O2/c18-11-3-1-2-10(8-11)16-19-6-5-14(22-16)15-9-12-13(21-15)4-7-20-17(12)23;3-2(4,5)1(6)7/h1-3,5-6,8-9,21H,4,7H2,(H,20,23);(H,6,7). The number of nitrogens with zero attached hydrogens (tertiary/aromatic N) is 2. The van der Waals surface area contributed by atoms with Crippen LogP contribution < -0.4 is 5.32 Å². The van der Waals surface area contributed by atoms with Crippen LogP contribution in [-0.4, -0.2) is 44.7 Å². The van der Waals surface area contributed by atoms with Gasteiger partial charge in [-0.3, -0.25) is 4.79 Å². The third-order valence-electron chi connectivity index (χ3n) is 4.06. The number of carboxylic acid groups (broad SMARTS) is 1. The number of benzene rings is 1. The fourth-order valence-electron chi connectivity index (χ4n) is 2.71. The van der Waals surface area contributed by atoms with Gasteiger partial charge in [-0.05, 0) is 24.3 Å². The number of nitrogens with one attached hydrogen (secondary N) is 2. The first-order valence-electron chi connectivity index (χ1n) is 8.54. The monoisotopic (exact) mass is 422 g/mol. The van der Waals surface area contributed by atoms with Crippen LogP contribution in [0.2, 0.25) is 0 Å². The zero-order chi connectivity index (χ0) is 21.9. The number of rotatable bonds is 2. The number of carboxylic acids is 1. The van der Waals surface area contributed by atoms with Gasteiger partial charge in [-0.1, -0.05) is 12.1 Å². The van der Waals surface area contributed by atoms with E-state index in [2.05, 4.69) is 20.3 Å². The van der Waals surface area contributed by atoms with E-state index in [4.69, 9.17) is 9.90 Å². The highest BCUT2D eigenvalue weighted by Gasteiger charge is 2.38. The van der Waals surface area contributed by atoms with Gasteiger partial charge in [0, 0.05) is 30.4 Å². The molecule has 0 saturated carbocycles. The quantitative estimate of drug-likeness (QED) is 0.550. The Bertz CT molecular complexity index is 1100. The molecular formula is C19H14F4N4O3. The van der Waals surface area contributed by atoms with Crippen molar-refractivity contribution in [1.29, 1.82) is 0 Å². The highest BCUT2D eigenvalue weighted by Crippen LogP contribution is 2.24. The van der Waals surface area contributed by atoms with Gasteiger partial charge in [0.05, 0.1) is 17.0 Å². The van der Waals surface area contributed by atoms with E-state index < -0.39 is 12.1 Å². The van der Waals surface area contributed by atoms with Crippen molar-refractivity contribution >= 4 is 11.9 Å². The lowest BCUT2D eigenvalue weighted by Gasteiger charge is -2.10. The summed E-state index contributed by atoms with van der Waals surface area (Å²) in [6.07, 6.45) is -2.69. The van der Waals surface area contributed by atoms with E-state index in [0.717, 1.165) is 17.8 Å². The van der Waals surface area contributed by atoms with Crippen molar-refractivity contribution in [3.05, 3.63) is 59.7 Å². The molecule has 0 unspecified atom stereocenters. The zero-order valence-corrected chi connectivity index (χ0v) is 15.1. The molecule has 1 amide bonds. The third kappa shape index (κ3) is 4.80. The van der Waals surface area contributed by atoms with Crippen molar-refractivity contribution in [3.8, 4) is 22.8 Å². The van der Waals surface area contributed by atoms with Gasteiger partial charge in [0.2, 0.25) is 0 Å². The number of carbonyl (C=O) groups excluding carboxylic acids is 1. The average molecular weight is 422 g/mol. The first-order valence-corrected chi connectivity index (χ1v) is 8.54. The van der Waals surface area contributed by atoms with E-state index in [9.17, 15) is 22.4 Å². The molecule has 1 aliphatic heterocycles. The number of amides is 1. The minimum atomic E-state index is -5.08. The van der Waals surface area contributed by atoms with Gasteiger partial charge in [0.15, 0.2) is 5.82 Å². The molecular weight excluding hydrogens is 408 g/mol. The molecule has 3 heterocycles. The van der Waals surface area contributed by atoms with Gasteiger partial charge >= 0.3 is 12.1 Å². The SMILES string of the molecule is O=C(O)C(F)(F)F.O=C1NCCc2[nH]c(-c3ccnc(-c4cccc(F)c4)n3)cc21. The minimum absolute atomic E-state index is 0.0758. The fraction of sp³-hybridized carbons (Fsp3) is 0.158. The highest BCUT2D eigenvalue weighted by molar-refractivity contribution is 5.97. The van der Waals surface area contributed by atoms with Gasteiger partial charge in [-0.15, -0.1) is 0 Å². The summed E-state index contributed by atoms with van der Waals surface area (Å²) in [4.78, 5) is 32.7. The van der Waals surface area contributed by atoms with Crippen molar-refractivity contribution in [2.45, 2.75) is 12.6 Å². The second kappa shape index (κ2) is 8.31. The van der Waals surface area contributed by atoms with Gasteiger partial charge in [-0.25, -0.2) is 19.2 Å². The Kier molecular flexibility index (Phi) is 5.81. The van der Waals surface area contributed by atoms with Crippen molar-refractivity contribution in [2.24, 2.45) is 0 Å². The van der Waals surface area contributed by atoms with Crippen LogP contribution >= 0.6 is 0 Å². The number of carbonyl (C=O) groups is 2. The summed E-state index contributed by atoms with van der Waals surface area (Å²) in [6.45, 7) is 0.629. The summed E-state index contributed by atoms with van der Waals surface area (Å²) in [5, 5.41) is 9.94. The van der Waals surface area contributed by atoms with Crippen LogP contribution in [0, 0.1) is 5.82 Å². The molecule has 7 nitrogen and oxygen atoms in total. The topological polar surface area (TPSA) is 108 Å². The average Bonchev–Trinajstić information content (AvgIpc) is 3.14. The molecule has 4 rings (SSSR count). The number of hydrogen-bond donors (Lipinski definition) is 3. The predicted molar refractivity (Wildman–Crippen MR) is 96.9 cm³/mol. The predicted octanol–water partition coefficient (Wildman–Crippen LogP) is 3.20. The van der Waals surface area contributed by atoms with E-state index in [1.165, 1.54) is 12.1 Å². The first kappa shape index (κ1) is 21.0. The van der Waals surface area contributed by atoms with Gasteiger partial charge in [-0.2, -0.15) is 13.2 Å². The molecule has 0 saturated heterocycles. The largest absolute Gasteiger partial charge is 0.490 e. The van der Waals surface area contributed by atoms with Gasteiger partial charge in [0.25, 0.3) is 5.91 Å². The molecule has 0 spiro atoms. The van der Waals surface area contributed by atoms with E-state index >= 15 is 0 Å². The lowest BCUT2D eigenvalue weighted by atomic mass is 10.1. The summed E-state index contributed by atoms with van der Waals surface area (Å²) in [6, 6.07) is 9.71. The second-order valence-corrected chi connectivity index (χ2v) is 6.16. The fourth-order valence-corrected chi connectivity index (χ4v) is 2.71. The van der Waals surface area contributed by atoms with Crippen molar-refractivity contribution in [1.82, 2.24) is 20.3 Å². The third-order valence-corrected chi connectivity index (χ3v) is 4.06. The molecule has 1 aliphatic rings. The summed E-state index contributed by atoms with van der Waals surface area (Å²) in [7, 11) is 0. The molecule has 1 aromatic carbocycles. The number of fused-ring (bicyclic) bond motifs is 1. The zero-order valence-electron chi connectivity index (χ0n) is 15.1. The van der Waals surface area contributed by atoms with E-state index in [0.29, 0.717) is 29.2 Å². The lowest BCUT2D eigenvalue weighted by Crippen LogP contribution is -2.31. The first-order chi connectivity index (χ1) is 14.1. The summed E-state index contributed by atoms with van der Waals surface area (Å²) < 4.78 is 45.1. The number of aliphatic carboxylic acids is 1. The lowest BCUT2D eigenvalue weighted by molar-refractivity contribution is -0.192. The summed E-state index contributed by atoms with van der Waals surface area (Å²) in [5.74, 6) is -2.72. The molecule has 3 aromatic rings. The van der Waals surface area contributed by atoms with Crippen LogP contribution in [0.15, 0.2) is 42.6 Å². The second-order valence-electron chi connectivity index (χ2n) is 6.16. The molecule has 156 valence electrons. The van der Waals surface area contributed by atoms with Crippen LogP contribution in [0.5, 0.6) is 0 Å². The number of alkyl halides is 3. The smallest absolute Gasteiger partial charge is 0.475 e. The Labute approximate surface area is 166 Å². The Hall–Kier alpha value is -3.76. The minimum Gasteiger partial charge on any atom is -0.475 e. The van der Waals surface area contributed by atoms with E-state index in [-0.39, 0.29) is 11.7 Å². The Morgan fingerprint density at radius 1 is 1.17 bits per heavy atom. The Balaban J connectivity index is 0.000000318. The molecule has 2 aromatic heterocycles. The molecule has 11 heteroatoms. The van der Waals surface area contributed by atoms with Gasteiger partial charge < -0.3 is 15.4 Å². The van der Waals surface area contributed by atoms with Gasteiger partial charge in [0.1, 0.15) is 5.82 Å². The van der Waals surface area contributed by atoms with Crippen LogP contribution in [0.3, 0.4) is 0 Å². The number of aromatic nitrogens is 3. The van der Waals surface area contributed by atoms with Crippen molar-refractivity contribution in [3.63, 3.8) is 0 Å².